The molecular weight excluding hydrogens is 263 g/mol. The Labute approximate surface area is 116 Å². The summed E-state index contributed by atoms with van der Waals surface area (Å²) in [5.41, 5.74) is 8.38. The molecule has 4 nitrogen and oxygen atoms in total. The Hall–Kier alpha value is -1.95. The molecule has 0 amide bonds. The van der Waals surface area contributed by atoms with Gasteiger partial charge in [-0.15, -0.1) is 0 Å². The molecule has 0 aliphatic carbocycles. The first-order valence-corrected chi connectivity index (χ1v) is 6.17. The van der Waals surface area contributed by atoms with Crippen LogP contribution in [-0.2, 0) is 7.05 Å². The highest BCUT2D eigenvalue weighted by atomic mass is 32.1. The third-order valence-corrected chi connectivity index (χ3v) is 3.05. The minimum atomic E-state index is -0.335. The number of nitrogens with zero attached hydrogens (tertiary/aromatic N) is 2. The van der Waals surface area contributed by atoms with Crippen LogP contribution in [0.25, 0.3) is 0 Å². The van der Waals surface area contributed by atoms with Gasteiger partial charge in [0.1, 0.15) is 16.6 Å². The molecule has 0 fully saturated rings. The molecule has 0 atom stereocenters. The molecule has 1 aromatic carbocycles. The van der Waals surface area contributed by atoms with Crippen LogP contribution in [0.15, 0.2) is 18.2 Å². The molecule has 0 bridgehead atoms. The van der Waals surface area contributed by atoms with Gasteiger partial charge in [-0.1, -0.05) is 18.3 Å². The molecule has 100 valence electrons. The molecule has 0 unspecified atom stereocenters. The Kier molecular flexibility index (Phi) is 3.53. The molecule has 0 saturated carbocycles. The molecule has 2 rings (SSSR count). The second-order valence-corrected chi connectivity index (χ2v) is 4.85. The van der Waals surface area contributed by atoms with Crippen molar-refractivity contribution in [2.45, 2.75) is 13.8 Å². The highest BCUT2D eigenvalue weighted by Crippen LogP contribution is 2.25. The number of anilines is 2. The summed E-state index contributed by atoms with van der Waals surface area (Å²) in [6, 6.07) is 4.85. The van der Waals surface area contributed by atoms with Crippen LogP contribution in [0.1, 0.15) is 16.8 Å². The van der Waals surface area contributed by atoms with Gasteiger partial charge >= 0.3 is 0 Å². The van der Waals surface area contributed by atoms with E-state index in [0.717, 1.165) is 5.56 Å². The van der Waals surface area contributed by atoms with Crippen molar-refractivity contribution in [3.8, 4) is 0 Å². The van der Waals surface area contributed by atoms with E-state index in [-0.39, 0.29) is 10.8 Å². The fraction of sp³-hybridized carbons (Fsp3) is 0.231. The van der Waals surface area contributed by atoms with Gasteiger partial charge in [-0.25, -0.2) is 4.39 Å². The Morgan fingerprint density at radius 2 is 2.11 bits per heavy atom. The van der Waals surface area contributed by atoms with E-state index in [0.29, 0.717) is 22.8 Å². The molecule has 0 aliphatic heterocycles. The predicted octanol–water partition coefficient (Wildman–Crippen LogP) is 2.55. The summed E-state index contributed by atoms with van der Waals surface area (Å²) in [7, 11) is 1.75. The molecule has 3 N–H and O–H groups in total. The van der Waals surface area contributed by atoms with Crippen molar-refractivity contribution >= 4 is 28.7 Å². The van der Waals surface area contributed by atoms with E-state index in [2.05, 4.69) is 10.4 Å². The van der Waals surface area contributed by atoms with E-state index in [1.165, 1.54) is 6.07 Å². The van der Waals surface area contributed by atoms with E-state index >= 15 is 0 Å². The smallest absolute Gasteiger partial charge is 0.146 e. The predicted molar refractivity (Wildman–Crippen MR) is 78.3 cm³/mol. The second kappa shape index (κ2) is 4.97. The summed E-state index contributed by atoms with van der Waals surface area (Å²) in [5, 5.41) is 7.25. The maximum absolute atomic E-state index is 13.8. The lowest BCUT2D eigenvalue weighted by Crippen LogP contribution is -2.13. The molecular formula is C13H15FN4S. The van der Waals surface area contributed by atoms with Gasteiger partial charge in [0.05, 0.1) is 16.9 Å². The van der Waals surface area contributed by atoms with E-state index in [9.17, 15) is 4.39 Å². The van der Waals surface area contributed by atoms with Crippen molar-refractivity contribution in [2.75, 3.05) is 5.32 Å². The topological polar surface area (TPSA) is 55.9 Å². The molecule has 1 heterocycles. The maximum atomic E-state index is 13.8. The molecule has 19 heavy (non-hydrogen) atoms. The Balaban J connectivity index is 2.49. The number of hydrogen-bond acceptors (Lipinski definition) is 3. The fourth-order valence-corrected chi connectivity index (χ4v) is 2.20. The van der Waals surface area contributed by atoms with Crippen LogP contribution in [0.3, 0.4) is 0 Å². The first-order valence-electron chi connectivity index (χ1n) is 5.76. The summed E-state index contributed by atoms with van der Waals surface area (Å²) >= 11 is 5.02. The molecule has 0 aliphatic rings. The van der Waals surface area contributed by atoms with Crippen molar-refractivity contribution in [1.82, 2.24) is 9.78 Å². The van der Waals surface area contributed by atoms with Gasteiger partial charge in [0.25, 0.3) is 0 Å². The quantitative estimate of drug-likeness (QED) is 0.847. The van der Waals surface area contributed by atoms with E-state index in [1.54, 1.807) is 23.9 Å². The van der Waals surface area contributed by atoms with E-state index < -0.39 is 0 Å². The van der Waals surface area contributed by atoms with Crippen molar-refractivity contribution < 1.29 is 4.39 Å². The summed E-state index contributed by atoms with van der Waals surface area (Å²) < 4.78 is 15.4. The second-order valence-electron chi connectivity index (χ2n) is 4.41. The lowest BCUT2D eigenvalue weighted by atomic mass is 10.2. The van der Waals surface area contributed by atoms with Crippen LogP contribution >= 0.6 is 12.2 Å². The lowest BCUT2D eigenvalue weighted by molar-refractivity contribution is 0.631. The minimum Gasteiger partial charge on any atom is -0.389 e. The summed E-state index contributed by atoms with van der Waals surface area (Å²) in [6.45, 7) is 3.71. The van der Waals surface area contributed by atoms with Crippen LogP contribution < -0.4 is 11.1 Å². The third-order valence-electron chi connectivity index (χ3n) is 2.84. The number of aromatic nitrogens is 2. The molecule has 1 aromatic heterocycles. The lowest BCUT2D eigenvalue weighted by Gasteiger charge is -2.10. The van der Waals surface area contributed by atoms with Gasteiger partial charge in [0, 0.05) is 7.05 Å². The summed E-state index contributed by atoms with van der Waals surface area (Å²) in [6.07, 6.45) is 0. The number of nitrogens with one attached hydrogen (secondary N) is 1. The van der Waals surface area contributed by atoms with Crippen LogP contribution in [-0.4, -0.2) is 14.8 Å². The number of halogens is 1. The zero-order valence-corrected chi connectivity index (χ0v) is 11.8. The van der Waals surface area contributed by atoms with Gasteiger partial charge in [-0.05, 0) is 31.5 Å². The first-order chi connectivity index (χ1) is 8.90. The van der Waals surface area contributed by atoms with Crippen molar-refractivity contribution in [1.29, 1.82) is 0 Å². The van der Waals surface area contributed by atoms with Crippen molar-refractivity contribution in [2.24, 2.45) is 12.8 Å². The Morgan fingerprint density at radius 3 is 2.74 bits per heavy atom. The van der Waals surface area contributed by atoms with Gasteiger partial charge in [-0.3, -0.25) is 4.68 Å². The highest BCUT2D eigenvalue weighted by Gasteiger charge is 2.16. The van der Waals surface area contributed by atoms with Crippen molar-refractivity contribution in [3.05, 3.63) is 40.8 Å². The number of nitrogens with two attached hydrogens (primary N) is 1. The van der Waals surface area contributed by atoms with Gasteiger partial charge in [-0.2, -0.15) is 5.10 Å². The Morgan fingerprint density at radius 1 is 1.42 bits per heavy atom. The fourth-order valence-electron chi connectivity index (χ4n) is 1.96. The summed E-state index contributed by atoms with van der Waals surface area (Å²) in [5.74, 6) is 0.257. The maximum Gasteiger partial charge on any atom is 0.146 e. The number of benzene rings is 1. The zero-order chi connectivity index (χ0) is 14.2. The first kappa shape index (κ1) is 13.5. The van der Waals surface area contributed by atoms with Crippen LogP contribution in [0, 0.1) is 19.7 Å². The van der Waals surface area contributed by atoms with Gasteiger partial charge in [0.2, 0.25) is 0 Å². The summed E-state index contributed by atoms with van der Waals surface area (Å²) in [4.78, 5) is 0.237. The van der Waals surface area contributed by atoms with Crippen molar-refractivity contribution in [3.63, 3.8) is 0 Å². The van der Waals surface area contributed by atoms with Crippen LogP contribution in [0.2, 0.25) is 0 Å². The normalized spacial score (nSPS) is 10.5. The van der Waals surface area contributed by atoms with Gasteiger partial charge < -0.3 is 11.1 Å². The average molecular weight is 278 g/mol. The standard InChI is InChI=1S/C13H15FN4S/c1-7-4-5-9(14)10(6-7)16-13-11(12(15)19)8(2)17-18(13)3/h4-6,16H,1-3H3,(H2,15,19). The Bertz CT molecular complexity index is 648. The highest BCUT2D eigenvalue weighted by molar-refractivity contribution is 7.80. The van der Waals surface area contributed by atoms with Gasteiger partial charge in [0.15, 0.2) is 0 Å². The third kappa shape index (κ3) is 2.58. The molecule has 0 radical (unpaired) electrons. The minimum absolute atomic E-state index is 0.237. The monoisotopic (exact) mass is 278 g/mol. The number of aryl methyl sites for hydroxylation is 3. The number of thiocarbonyl (C=S) groups is 1. The molecule has 0 spiro atoms. The molecule has 6 heteroatoms. The largest absolute Gasteiger partial charge is 0.389 e. The SMILES string of the molecule is Cc1ccc(F)c(Nc2c(C(N)=S)c(C)nn2C)c1. The number of hydrogen-bond donors (Lipinski definition) is 2. The van der Waals surface area contributed by atoms with Crippen LogP contribution in [0.4, 0.5) is 15.9 Å². The van der Waals surface area contributed by atoms with E-state index in [1.807, 2.05) is 13.8 Å². The number of rotatable bonds is 3. The zero-order valence-electron chi connectivity index (χ0n) is 11.0. The molecule has 0 saturated heterocycles. The van der Waals surface area contributed by atoms with Crippen LogP contribution in [0.5, 0.6) is 0 Å². The molecule has 2 aromatic rings. The average Bonchev–Trinajstić information content (AvgIpc) is 2.59. The van der Waals surface area contributed by atoms with E-state index in [4.69, 9.17) is 18.0 Å².